The Hall–Kier alpha value is -4.71. The molecule has 0 rings (SSSR count). The molecule has 1 unspecified atom stereocenters. The first-order chi connectivity index (χ1) is 39.0. The molecule has 0 saturated heterocycles. The Kier molecular flexibility index (Phi) is 61.9. The summed E-state index contributed by atoms with van der Waals surface area (Å²) >= 11 is 0. The Morgan fingerprint density at radius 2 is 0.494 bits per heavy atom. The number of unbranched alkanes of at least 4 members (excludes halogenated alkanes) is 22. The van der Waals surface area contributed by atoms with Crippen molar-refractivity contribution in [3.63, 3.8) is 0 Å². The van der Waals surface area contributed by atoms with Crippen molar-refractivity contribution < 1.29 is 28.6 Å². The molecule has 446 valence electrons. The summed E-state index contributed by atoms with van der Waals surface area (Å²) in [5, 5.41) is 0. The normalized spacial score (nSPS) is 13.1. The Labute approximate surface area is 487 Å². The zero-order valence-corrected chi connectivity index (χ0v) is 51.1. The minimum absolute atomic E-state index is 0.0952. The van der Waals surface area contributed by atoms with Crippen LogP contribution in [-0.2, 0) is 28.6 Å². The molecule has 0 amide bonds. The van der Waals surface area contributed by atoms with Crippen LogP contribution < -0.4 is 0 Å². The average Bonchev–Trinajstić information content (AvgIpc) is 3.45. The van der Waals surface area contributed by atoms with Crippen LogP contribution in [-0.4, -0.2) is 37.2 Å². The summed E-state index contributed by atoms with van der Waals surface area (Å²) in [5.41, 5.74) is 0. The van der Waals surface area contributed by atoms with Crippen LogP contribution in [0.5, 0.6) is 0 Å². The lowest BCUT2D eigenvalue weighted by atomic mass is 10.1. The first-order valence-corrected chi connectivity index (χ1v) is 32.3. The van der Waals surface area contributed by atoms with Gasteiger partial charge < -0.3 is 14.2 Å². The highest BCUT2D eigenvalue weighted by Crippen LogP contribution is 2.15. The van der Waals surface area contributed by atoms with Gasteiger partial charge >= 0.3 is 17.9 Å². The Bertz CT molecular complexity index is 1730. The van der Waals surface area contributed by atoms with Crippen LogP contribution in [0, 0.1) is 0 Å². The molecular weight excluding hydrogens is 973 g/mol. The average molecular weight is 1090 g/mol. The number of rotatable bonds is 57. The maximum absolute atomic E-state index is 12.9. The number of esters is 3. The summed E-state index contributed by atoms with van der Waals surface area (Å²) in [4.78, 5) is 38.3. The molecule has 0 radical (unpaired) electrons. The second-order valence-corrected chi connectivity index (χ2v) is 20.9. The van der Waals surface area contributed by atoms with E-state index in [-0.39, 0.29) is 31.1 Å². The minimum Gasteiger partial charge on any atom is -0.462 e. The fourth-order valence-corrected chi connectivity index (χ4v) is 8.53. The second kappa shape index (κ2) is 65.8. The maximum atomic E-state index is 12.9. The van der Waals surface area contributed by atoms with E-state index in [1.54, 1.807) is 0 Å². The quantitative estimate of drug-likeness (QED) is 0.0261. The molecule has 0 spiro atoms. The Balaban J connectivity index is 4.39. The van der Waals surface area contributed by atoms with Gasteiger partial charge in [0.25, 0.3) is 0 Å². The van der Waals surface area contributed by atoms with Gasteiger partial charge in [0.15, 0.2) is 6.10 Å². The SMILES string of the molecule is CC/C=C\C/C=C\C/C=C\C/C=C\C/C=C\CCCCCCCCCCCC(=O)OCC(COC(=O)CCCCCCC/C=C\C/C=C\CCC)OC(=O)CCCCCCCCC/C=C\C/C=C\C/C=C\C/C=C\C/C=C\CC. The zero-order chi connectivity index (χ0) is 57.1. The molecular formula is C73H118O6. The molecule has 0 N–H and O–H groups in total. The third kappa shape index (κ3) is 64.0. The monoisotopic (exact) mass is 1090 g/mol. The molecule has 1 atom stereocenters. The molecule has 0 bridgehead atoms. The largest absolute Gasteiger partial charge is 0.462 e. The van der Waals surface area contributed by atoms with Gasteiger partial charge in [-0.05, 0) is 135 Å². The Morgan fingerprint density at radius 1 is 0.266 bits per heavy atom. The van der Waals surface area contributed by atoms with E-state index in [9.17, 15) is 14.4 Å². The van der Waals surface area contributed by atoms with E-state index in [2.05, 4.69) is 167 Å². The third-order valence-corrected chi connectivity index (χ3v) is 13.3. The molecule has 0 saturated carbocycles. The molecule has 0 aliphatic carbocycles. The van der Waals surface area contributed by atoms with Crippen molar-refractivity contribution >= 4 is 17.9 Å². The van der Waals surface area contributed by atoms with Gasteiger partial charge in [-0.3, -0.25) is 14.4 Å². The smallest absolute Gasteiger partial charge is 0.306 e. The number of carbonyl (C=O) groups excluding carboxylic acids is 3. The van der Waals surface area contributed by atoms with Crippen LogP contribution in [0.2, 0.25) is 0 Å². The predicted molar refractivity (Wildman–Crippen MR) is 343 cm³/mol. The fraction of sp³-hybridized carbons (Fsp3) is 0.630. The highest BCUT2D eigenvalue weighted by Gasteiger charge is 2.19. The van der Waals surface area contributed by atoms with E-state index in [1.165, 1.54) is 64.2 Å². The van der Waals surface area contributed by atoms with Gasteiger partial charge in [-0.1, -0.05) is 269 Å². The van der Waals surface area contributed by atoms with Crippen molar-refractivity contribution in [1.82, 2.24) is 0 Å². The van der Waals surface area contributed by atoms with Crippen LogP contribution in [0.1, 0.15) is 278 Å². The second-order valence-electron chi connectivity index (χ2n) is 20.9. The van der Waals surface area contributed by atoms with E-state index in [1.807, 2.05) is 0 Å². The molecule has 79 heavy (non-hydrogen) atoms. The number of hydrogen-bond acceptors (Lipinski definition) is 6. The van der Waals surface area contributed by atoms with E-state index in [4.69, 9.17) is 14.2 Å². The van der Waals surface area contributed by atoms with Crippen molar-refractivity contribution in [2.24, 2.45) is 0 Å². The lowest BCUT2D eigenvalue weighted by molar-refractivity contribution is -0.167. The molecule has 6 heteroatoms. The van der Waals surface area contributed by atoms with E-state index in [0.717, 1.165) is 173 Å². The molecule has 6 nitrogen and oxygen atoms in total. The third-order valence-electron chi connectivity index (χ3n) is 13.3. The lowest BCUT2D eigenvalue weighted by Gasteiger charge is -2.18. The molecule has 0 aromatic rings. The van der Waals surface area contributed by atoms with E-state index >= 15 is 0 Å². The van der Waals surface area contributed by atoms with Crippen molar-refractivity contribution in [2.45, 2.75) is 284 Å². The van der Waals surface area contributed by atoms with Gasteiger partial charge in [-0.15, -0.1) is 0 Å². The van der Waals surface area contributed by atoms with Crippen LogP contribution in [0.3, 0.4) is 0 Å². The minimum atomic E-state index is -0.800. The van der Waals surface area contributed by atoms with Crippen LogP contribution in [0.25, 0.3) is 0 Å². The van der Waals surface area contributed by atoms with Gasteiger partial charge in [0.1, 0.15) is 13.2 Å². The summed E-state index contributed by atoms with van der Waals surface area (Å²) in [5.74, 6) is -0.926. The van der Waals surface area contributed by atoms with Crippen LogP contribution in [0.4, 0.5) is 0 Å². The molecule has 0 aromatic heterocycles. The van der Waals surface area contributed by atoms with Gasteiger partial charge in [0.2, 0.25) is 0 Å². The molecule has 0 heterocycles. The molecule has 0 aromatic carbocycles. The van der Waals surface area contributed by atoms with Crippen molar-refractivity contribution in [2.75, 3.05) is 13.2 Å². The molecule has 0 aliphatic heterocycles. The zero-order valence-electron chi connectivity index (χ0n) is 51.1. The van der Waals surface area contributed by atoms with Crippen LogP contribution >= 0.6 is 0 Å². The Morgan fingerprint density at radius 3 is 0.772 bits per heavy atom. The van der Waals surface area contributed by atoms with E-state index in [0.29, 0.717) is 19.3 Å². The van der Waals surface area contributed by atoms with Gasteiger partial charge in [-0.2, -0.15) is 0 Å². The van der Waals surface area contributed by atoms with Gasteiger partial charge in [0.05, 0.1) is 0 Å². The predicted octanol–water partition coefficient (Wildman–Crippen LogP) is 22.3. The highest BCUT2D eigenvalue weighted by molar-refractivity contribution is 5.71. The maximum Gasteiger partial charge on any atom is 0.306 e. The highest BCUT2D eigenvalue weighted by atomic mass is 16.6. The number of hydrogen-bond donors (Lipinski definition) is 0. The first-order valence-electron chi connectivity index (χ1n) is 32.3. The standard InChI is InChI=1S/C73H118O6/c1-4-7-10-13-16-19-22-25-27-29-31-33-35-36-38-39-41-43-45-48-51-54-57-60-63-66-72(75)78-69-70(68-77-71(74)65-62-59-56-53-50-47-24-21-18-15-12-9-6-3)79-73(76)67-64-61-58-55-52-49-46-44-42-40-37-34-32-30-28-26-23-20-17-14-11-8-5-2/h7-8,10-12,15-17,19-21,24-28,31-34,36,38,40,42,70H,4-6,9,13-14,18,22-23,29-30,35,37,39,41,43-69H2,1-3H3/b10-7-,11-8-,15-12-,19-16-,20-17-,24-21-,27-25-,28-26-,33-31-,34-32-,38-36-,42-40-. The number of allylic oxidation sites excluding steroid dienone is 24. The van der Waals surface area contributed by atoms with E-state index < -0.39 is 6.10 Å². The summed E-state index contributed by atoms with van der Waals surface area (Å²) in [6, 6.07) is 0. The van der Waals surface area contributed by atoms with Gasteiger partial charge in [-0.25, -0.2) is 0 Å². The first kappa shape index (κ1) is 74.3. The van der Waals surface area contributed by atoms with Crippen LogP contribution in [0.15, 0.2) is 146 Å². The summed E-state index contributed by atoms with van der Waals surface area (Å²) in [7, 11) is 0. The molecule has 0 fully saturated rings. The lowest BCUT2D eigenvalue weighted by Crippen LogP contribution is -2.30. The summed E-state index contributed by atoms with van der Waals surface area (Å²) in [6.07, 6.45) is 94.2. The fourth-order valence-electron chi connectivity index (χ4n) is 8.53. The van der Waals surface area contributed by atoms with Crippen molar-refractivity contribution in [1.29, 1.82) is 0 Å². The van der Waals surface area contributed by atoms with Crippen molar-refractivity contribution in [3.8, 4) is 0 Å². The summed E-state index contributed by atoms with van der Waals surface area (Å²) in [6.45, 7) is 6.33. The topological polar surface area (TPSA) is 78.9 Å². The summed E-state index contributed by atoms with van der Waals surface area (Å²) < 4.78 is 16.9. The van der Waals surface area contributed by atoms with Gasteiger partial charge in [0, 0.05) is 19.3 Å². The molecule has 0 aliphatic rings. The van der Waals surface area contributed by atoms with Crippen molar-refractivity contribution in [3.05, 3.63) is 146 Å². The number of carbonyl (C=O) groups is 3. The number of ether oxygens (including phenoxy) is 3.